The molecule has 3 heterocycles. The van der Waals surface area contributed by atoms with Gasteiger partial charge in [-0.1, -0.05) is 40.6 Å². The Balaban J connectivity index is 2.07. The average Bonchev–Trinajstić information content (AvgIpc) is 3.28. The number of rotatable bonds is 7. The Morgan fingerprint density at radius 3 is 2.61 bits per heavy atom. The SMILES string of the molecule is CCCC1=C(C(=O)OCC)[C@H](c2cc(Br)ccc2OC)n2c(s/c(=C/c3cc(C)n(C)c3C)c2=O)=N1. The third kappa shape index (κ3) is 4.62. The zero-order valence-electron chi connectivity index (χ0n) is 21.3. The summed E-state index contributed by atoms with van der Waals surface area (Å²) in [7, 11) is 3.59. The highest BCUT2D eigenvalue weighted by atomic mass is 79.9. The van der Waals surface area contributed by atoms with Crippen molar-refractivity contribution >= 4 is 39.3 Å². The Morgan fingerprint density at radius 1 is 1.25 bits per heavy atom. The number of thiazole rings is 1. The fourth-order valence-electron chi connectivity index (χ4n) is 4.51. The van der Waals surface area contributed by atoms with Gasteiger partial charge in [0.25, 0.3) is 5.56 Å². The lowest BCUT2D eigenvalue weighted by Crippen LogP contribution is -2.40. The van der Waals surface area contributed by atoms with Crippen LogP contribution in [0.1, 0.15) is 55.2 Å². The molecular weight excluding hydrogens is 542 g/mol. The molecule has 36 heavy (non-hydrogen) atoms. The van der Waals surface area contributed by atoms with Crippen molar-refractivity contribution in [3.8, 4) is 5.75 Å². The van der Waals surface area contributed by atoms with Gasteiger partial charge in [-0.3, -0.25) is 9.36 Å². The molecule has 0 saturated carbocycles. The summed E-state index contributed by atoms with van der Waals surface area (Å²) in [6.07, 6.45) is 3.29. The lowest BCUT2D eigenvalue weighted by atomic mass is 9.93. The molecule has 3 aromatic rings. The van der Waals surface area contributed by atoms with E-state index in [1.54, 1.807) is 18.6 Å². The van der Waals surface area contributed by atoms with Crippen LogP contribution in [0.4, 0.5) is 0 Å². The lowest BCUT2D eigenvalue weighted by molar-refractivity contribution is -0.139. The fourth-order valence-corrected chi connectivity index (χ4v) is 5.90. The molecule has 0 spiro atoms. The van der Waals surface area contributed by atoms with Crippen LogP contribution in [-0.2, 0) is 16.6 Å². The van der Waals surface area contributed by atoms with Gasteiger partial charge in [0.1, 0.15) is 11.8 Å². The fraction of sp³-hybridized carbons (Fsp3) is 0.370. The number of carbonyl (C=O) groups excluding carboxylic acids is 1. The van der Waals surface area contributed by atoms with E-state index in [1.807, 2.05) is 52.1 Å². The summed E-state index contributed by atoms with van der Waals surface area (Å²) in [4.78, 5) is 32.6. The van der Waals surface area contributed by atoms with Crippen LogP contribution in [0.15, 0.2) is 49.8 Å². The number of hydrogen-bond donors (Lipinski definition) is 0. The van der Waals surface area contributed by atoms with Crippen molar-refractivity contribution in [2.45, 2.75) is 46.6 Å². The van der Waals surface area contributed by atoms with Crippen LogP contribution in [0.25, 0.3) is 6.08 Å². The number of methoxy groups -OCH3 is 1. The number of allylic oxidation sites excluding steroid dienone is 1. The lowest BCUT2D eigenvalue weighted by Gasteiger charge is -2.27. The van der Waals surface area contributed by atoms with E-state index in [9.17, 15) is 9.59 Å². The minimum Gasteiger partial charge on any atom is -0.496 e. The number of aromatic nitrogens is 2. The molecule has 0 bridgehead atoms. The van der Waals surface area contributed by atoms with E-state index in [0.717, 1.165) is 27.8 Å². The van der Waals surface area contributed by atoms with Crippen LogP contribution in [0, 0.1) is 13.8 Å². The summed E-state index contributed by atoms with van der Waals surface area (Å²) < 4.78 is 16.2. The van der Waals surface area contributed by atoms with Crippen molar-refractivity contribution in [2.75, 3.05) is 13.7 Å². The highest BCUT2D eigenvalue weighted by Crippen LogP contribution is 2.38. The van der Waals surface area contributed by atoms with E-state index >= 15 is 0 Å². The first kappa shape index (κ1) is 26.2. The van der Waals surface area contributed by atoms with Gasteiger partial charge in [0.2, 0.25) is 0 Å². The first-order valence-electron chi connectivity index (χ1n) is 11.9. The maximum absolute atomic E-state index is 13.9. The molecule has 7 nitrogen and oxygen atoms in total. The number of hydrogen-bond acceptors (Lipinski definition) is 6. The zero-order chi connectivity index (χ0) is 26.1. The molecule has 0 unspecified atom stereocenters. The van der Waals surface area contributed by atoms with E-state index < -0.39 is 12.0 Å². The van der Waals surface area contributed by atoms with Gasteiger partial charge in [0.05, 0.1) is 29.5 Å². The maximum Gasteiger partial charge on any atom is 0.338 e. The van der Waals surface area contributed by atoms with Crippen molar-refractivity contribution < 1.29 is 14.3 Å². The second-order valence-electron chi connectivity index (χ2n) is 8.69. The van der Waals surface area contributed by atoms with Gasteiger partial charge in [-0.05, 0) is 63.1 Å². The quantitative estimate of drug-likeness (QED) is 0.396. The Bertz CT molecular complexity index is 1540. The van der Waals surface area contributed by atoms with Crippen molar-refractivity contribution in [3.05, 3.63) is 82.2 Å². The van der Waals surface area contributed by atoms with Gasteiger partial charge in [-0.15, -0.1) is 0 Å². The maximum atomic E-state index is 13.9. The predicted octanol–water partition coefficient (Wildman–Crippen LogP) is 4.30. The van der Waals surface area contributed by atoms with Crippen LogP contribution in [0.5, 0.6) is 5.75 Å². The molecule has 0 fully saturated rings. The molecule has 0 aliphatic carbocycles. The third-order valence-electron chi connectivity index (χ3n) is 6.48. The highest BCUT2D eigenvalue weighted by molar-refractivity contribution is 9.10. The molecule has 9 heteroatoms. The van der Waals surface area contributed by atoms with Crippen molar-refractivity contribution in [2.24, 2.45) is 12.0 Å². The monoisotopic (exact) mass is 571 g/mol. The number of aryl methyl sites for hydroxylation is 1. The van der Waals surface area contributed by atoms with E-state index in [1.165, 1.54) is 11.3 Å². The molecule has 1 aliphatic rings. The molecular formula is C27H30BrN3O4S. The molecule has 1 aliphatic heterocycles. The largest absolute Gasteiger partial charge is 0.496 e. The summed E-state index contributed by atoms with van der Waals surface area (Å²) in [5.41, 5.74) is 4.67. The standard InChI is InChI=1S/C27H30BrN3O4S/c1-7-9-20-23(26(33)35-8-2)24(19-14-18(28)10-11-21(19)34-6)31-25(32)22(36-27(31)29-20)13-17-12-15(3)30(5)16(17)4/h10-14,24H,7-9H2,1-6H3/b22-13+/t24-/m0/s1. The van der Waals surface area contributed by atoms with E-state index in [0.29, 0.717) is 38.3 Å². The number of nitrogens with zero attached hydrogens (tertiary/aromatic N) is 3. The van der Waals surface area contributed by atoms with E-state index in [-0.39, 0.29) is 12.2 Å². The van der Waals surface area contributed by atoms with Gasteiger partial charge >= 0.3 is 5.97 Å². The van der Waals surface area contributed by atoms with Gasteiger partial charge in [-0.25, -0.2) is 9.79 Å². The van der Waals surface area contributed by atoms with Crippen LogP contribution in [0.2, 0.25) is 0 Å². The number of ether oxygens (including phenoxy) is 2. The van der Waals surface area contributed by atoms with Crippen LogP contribution < -0.4 is 19.6 Å². The Kier molecular flexibility index (Phi) is 7.70. The molecule has 0 radical (unpaired) electrons. The number of halogens is 1. The van der Waals surface area contributed by atoms with E-state index in [4.69, 9.17) is 14.5 Å². The molecule has 1 aromatic carbocycles. The van der Waals surface area contributed by atoms with Gasteiger partial charge in [0, 0.05) is 28.5 Å². The first-order chi connectivity index (χ1) is 17.2. The van der Waals surface area contributed by atoms with Crippen LogP contribution >= 0.6 is 27.3 Å². The summed E-state index contributed by atoms with van der Waals surface area (Å²) in [6.45, 7) is 8.10. The van der Waals surface area contributed by atoms with Crippen LogP contribution in [0.3, 0.4) is 0 Å². The summed E-state index contributed by atoms with van der Waals surface area (Å²) in [5.74, 6) is 0.104. The Morgan fingerprint density at radius 2 is 2.00 bits per heavy atom. The van der Waals surface area contributed by atoms with Crippen molar-refractivity contribution in [1.29, 1.82) is 0 Å². The number of esters is 1. The second-order valence-corrected chi connectivity index (χ2v) is 10.6. The van der Waals surface area contributed by atoms with Gasteiger partial charge in [-0.2, -0.15) is 0 Å². The van der Waals surface area contributed by atoms with Gasteiger partial charge in [0.15, 0.2) is 4.80 Å². The molecule has 190 valence electrons. The average molecular weight is 573 g/mol. The summed E-state index contributed by atoms with van der Waals surface area (Å²) in [5, 5.41) is 0. The minimum absolute atomic E-state index is 0.205. The predicted molar refractivity (Wildman–Crippen MR) is 145 cm³/mol. The Labute approximate surface area is 222 Å². The molecule has 4 rings (SSSR count). The third-order valence-corrected chi connectivity index (χ3v) is 7.96. The number of fused-ring (bicyclic) bond motifs is 1. The summed E-state index contributed by atoms with van der Waals surface area (Å²) >= 11 is 4.88. The normalized spacial score (nSPS) is 15.6. The molecule has 2 aromatic heterocycles. The number of benzene rings is 1. The summed E-state index contributed by atoms with van der Waals surface area (Å²) in [6, 6.07) is 6.92. The Hall–Kier alpha value is -2.91. The molecule has 0 saturated heterocycles. The molecule has 0 amide bonds. The van der Waals surface area contributed by atoms with Crippen molar-refractivity contribution in [3.63, 3.8) is 0 Å². The molecule has 0 N–H and O–H groups in total. The first-order valence-corrected chi connectivity index (χ1v) is 13.5. The molecule has 1 atom stereocenters. The van der Waals surface area contributed by atoms with Crippen LogP contribution in [-0.4, -0.2) is 28.8 Å². The highest BCUT2D eigenvalue weighted by Gasteiger charge is 2.36. The number of carbonyl (C=O) groups is 1. The minimum atomic E-state index is -0.727. The van der Waals surface area contributed by atoms with Crippen molar-refractivity contribution in [1.82, 2.24) is 9.13 Å². The zero-order valence-corrected chi connectivity index (χ0v) is 23.7. The topological polar surface area (TPSA) is 74.8 Å². The van der Waals surface area contributed by atoms with Gasteiger partial charge < -0.3 is 14.0 Å². The smallest absolute Gasteiger partial charge is 0.338 e. The van der Waals surface area contributed by atoms with E-state index in [2.05, 4.69) is 26.6 Å². The second kappa shape index (κ2) is 10.6.